The minimum absolute atomic E-state index is 0.552. The van der Waals surface area contributed by atoms with Gasteiger partial charge in [-0.3, -0.25) is 0 Å². The molecule has 0 aromatic rings. The van der Waals surface area contributed by atoms with Gasteiger partial charge in [0.15, 0.2) is 0 Å². The van der Waals surface area contributed by atoms with Crippen molar-refractivity contribution in [2.24, 2.45) is 46.3 Å². The van der Waals surface area contributed by atoms with Crippen LogP contribution in [-0.4, -0.2) is 13.0 Å². The Kier molecular flexibility index (Phi) is 4.82. The molecule has 7 saturated carbocycles. The molecular weight excluding hydrogens is 339 g/mol. The van der Waals surface area contributed by atoms with Crippen LogP contribution in [0.3, 0.4) is 0 Å². The third-order valence-electron chi connectivity index (χ3n) is 11.6. The van der Waals surface area contributed by atoms with Gasteiger partial charge in [-0.25, -0.2) is 0 Å². The van der Waals surface area contributed by atoms with Gasteiger partial charge in [-0.15, -0.1) is 0 Å². The van der Waals surface area contributed by atoms with E-state index in [1.807, 2.05) is 0 Å². The zero-order chi connectivity index (χ0) is 19.8. The molecule has 8 atom stereocenters. The van der Waals surface area contributed by atoms with Crippen LogP contribution in [0.5, 0.6) is 0 Å². The van der Waals surface area contributed by atoms with Gasteiger partial charge in [0.2, 0.25) is 0 Å². The van der Waals surface area contributed by atoms with E-state index in [1.54, 1.807) is 0 Å². The molecule has 158 valence electrons. The van der Waals surface area contributed by atoms with Crippen LogP contribution in [0.1, 0.15) is 99.3 Å². The van der Waals surface area contributed by atoms with Crippen LogP contribution in [0, 0.1) is 46.3 Å². The second kappa shape index (κ2) is 6.76. The molecule has 0 radical (unpaired) electrons. The Hall–Kier alpha value is 0.0249. The van der Waals surface area contributed by atoms with E-state index in [-0.39, 0.29) is 0 Å². The largest absolute Gasteiger partial charge is 0.433 e. The van der Waals surface area contributed by atoms with Gasteiger partial charge in [0.05, 0.1) is 0 Å². The average molecular weight is 384 g/mol. The van der Waals surface area contributed by atoms with Crippen LogP contribution in [0.4, 0.5) is 0 Å². The smallest absolute Gasteiger partial charge is 0.300 e. The molecule has 0 aliphatic heterocycles. The molecule has 0 saturated heterocycles. The van der Waals surface area contributed by atoms with Gasteiger partial charge in [0, 0.05) is 6.10 Å². The quantitative estimate of drug-likeness (QED) is 0.457. The van der Waals surface area contributed by atoms with Crippen molar-refractivity contribution in [2.75, 3.05) is 0 Å². The molecule has 7 fully saturated rings. The van der Waals surface area contributed by atoms with E-state index >= 15 is 0 Å². The first-order valence-corrected chi connectivity index (χ1v) is 12.9. The zero-order valence-electron chi connectivity index (χ0n) is 19.5. The summed E-state index contributed by atoms with van der Waals surface area (Å²) in [5.41, 5.74) is 1.18. The Labute approximate surface area is 175 Å². The van der Waals surface area contributed by atoms with Gasteiger partial charge in [-0.2, -0.15) is 0 Å². The molecule has 0 aromatic carbocycles. The van der Waals surface area contributed by atoms with Gasteiger partial charge in [0.25, 0.3) is 6.92 Å². The van der Waals surface area contributed by atoms with Crippen LogP contribution < -0.4 is 0 Å². The third kappa shape index (κ3) is 2.82. The molecule has 0 N–H and O–H groups in total. The summed E-state index contributed by atoms with van der Waals surface area (Å²) in [7, 11) is 0. The Morgan fingerprint density at radius 2 is 1.14 bits per heavy atom. The van der Waals surface area contributed by atoms with Crippen molar-refractivity contribution in [2.45, 2.75) is 117 Å². The zero-order valence-corrected chi connectivity index (χ0v) is 19.5. The van der Waals surface area contributed by atoms with Crippen LogP contribution >= 0.6 is 0 Å². The monoisotopic (exact) mass is 384 g/mol. The highest BCUT2D eigenvalue weighted by Gasteiger charge is 2.63. The van der Waals surface area contributed by atoms with Crippen molar-refractivity contribution in [1.82, 2.24) is 0 Å². The van der Waals surface area contributed by atoms with E-state index in [4.69, 9.17) is 4.65 Å². The Balaban J connectivity index is 1.38. The standard InChI is InChI=1S/C26H45BO/c1-16-21-12-18(25(21,3)4)14-23(16)27(28-20-10-8-7-9-11-20)24-15-19-13-22(17(24)2)26(19,5)6/h16-24H,7-15H2,1-6H3. The average Bonchev–Trinajstić information content (AvgIpc) is 2.66. The lowest BCUT2D eigenvalue weighted by Crippen LogP contribution is -2.60. The molecule has 7 aliphatic carbocycles. The molecule has 2 heteroatoms. The SMILES string of the molecule is CC1C(B(OC2CCCCC2)C2CC3CC(C2C)C3(C)C)CC2CC1C2(C)C. The Bertz CT molecular complexity index is 549. The summed E-state index contributed by atoms with van der Waals surface area (Å²) >= 11 is 0. The summed E-state index contributed by atoms with van der Waals surface area (Å²) in [5, 5.41) is 0. The number of hydrogen-bond acceptors (Lipinski definition) is 1. The first kappa shape index (κ1) is 20.0. The van der Waals surface area contributed by atoms with E-state index in [0.717, 1.165) is 47.1 Å². The molecule has 7 rings (SSSR count). The lowest BCUT2D eigenvalue weighted by molar-refractivity contribution is -0.112. The van der Waals surface area contributed by atoms with E-state index < -0.39 is 0 Å². The van der Waals surface area contributed by atoms with Gasteiger partial charge >= 0.3 is 0 Å². The van der Waals surface area contributed by atoms with Gasteiger partial charge in [-0.1, -0.05) is 73.6 Å². The number of hydrogen-bond donors (Lipinski definition) is 0. The fraction of sp³-hybridized carbons (Fsp3) is 1.00. The lowest BCUT2D eigenvalue weighted by atomic mass is 9.27. The van der Waals surface area contributed by atoms with Crippen molar-refractivity contribution >= 4 is 6.92 Å². The molecule has 4 bridgehead atoms. The van der Waals surface area contributed by atoms with Crippen LogP contribution in [0.25, 0.3) is 0 Å². The highest BCUT2D eigenvalue weighted by molar-refractivity contribution is 6.55. The summed E-state index contributed by atoms with van der Waals surface area (Å²) < 4.78 is 7.19. The first-order valence-electron chi connectivity index (χ1n) is 12.9. The molecule has 28 heavy (non-hydrogen) atoms. The molecule has 0 aromatic heterocycles. The number of fused-ring (bicyclic) bond motifs is 4. The molecule has 1 nitrogen and oxygen atoms in total. The van der Waals surface area contributed by atoms with Crippen molar-refractivity contribution in [3.8, 4) is 0 Å². The van der Waals surface area contributed by atoms with E-state index in [9.17, 15) is 0 Å². The van der Waals surface area contributed by atoms with Crippen molar-refractivity contribution in [1.29, 1.82) is 0 Å². The second-order valence-corrected chi connectivity index (χ2v) is 13.1. The maximum Gasteiger partial charge on any atom is 0.300 e. The minimum atomic E-state index is 0.552. The van der Waals surface area contributed by atoms with Crippen LogP contribution in [0.2, 0.25) is 11.6 Å². The maximum atomic E-state index is 7.19. The van der Waals surface area contributed by atoms with E-state index in [2.05, 4.69) is 41.5 Å². The van der Waals surface area contributed by atoms with Gasteiger partial charge in [-0.05, 0) is 83.7 Å². The molecule has 0 amide bonds. The summed E-state index contributed by atoms with van der Waals surface area (Å²) in [4.78, 5) is 0. The first-order chi connectivity index (χ1) is 13.2. The van der Waals surface area contributed by atoms with Gasteiger partial charge < -0.3 is 4.65 Å². The summed E-state index contributed by atoms with van der Waals surface area (Å²) in [5.74, 6) is 7.16. The predicted molar refractivity (Wildman–Crippen MR) is 120 cm³/mol. The van der Waals surface area contributed by atoms with Crippen molar-refractivity contribution in [3.05, 3.63) is 0 Å². The van der Waals surface area contributed by atoms with Crippen LogP contribution in [0.15, 0.2) is 0 Å². The second-order valence-electron chi connectivity index (χ2n) is 13.1. The molecule has 0 heterocycles. The van der Waals surface area contributed by atoms with Gasteiger partial charge in [0.1, 0.15) is 0 Å². The summed E-state index contributed by atoms with van der Waals surface area (Å²) in [6.45, 7) is 16.0. The highest BCUT2D eigenvalue weighted by atomic mass is 16.4. The predicted octanol–water partition coefficient (Wildman–Crippen LogP) is 7.47. The molecule has 8 unspecified atom stereocenters. The Morgan fingerprint density at radius 1 is 0.679 bits per heavy atom. The van der Waals surface area contributed by atoms with E-state index in [1.165, 1.54) is 57.8 Å². The fourth-order valence-corrected chi connectivity index (χ4v) is 9.19. The molecular formula is C26H45BO. The number of rotatable bonds is 4. The fourth-order valence-electron chi connectivity index (χ4n) is 9.19. The Morgan fingerprint density at radius 3 is 1.54 bits per heavy atom. The molecule has 7 aliphatic rings. The maximum absolute atomic E-state index is 7.19. The lowest BCUT2D eigenvalue weighted by Gasteiger charge is -2.66. The summed E-state index contributed by atoms with van der Waals surface area (Å²) in [6.07, 6.45) is 13.3. The topological polar surface area (TPSA) is 9.23 Å². The van der Waals surface area contributed by atoms with Crippen molar-refractivity contribution < 1.29 is 4.65 Å². The van der Waals surface area contributed by atoms with Crippen LogP contribution in [-0.2, 0) is 4.65 Å². The van der Waals surface area contributed by atoms with E-state index in [0.29, 0.717) is 23.8 Å². The highest BCUT2D eigenvalue weighted by Crippen LogP contribution is 2.69. The normalized spacial score (nSPS) is 49.1. The molecule has 0 spiro atoms. The minimum Gasteiger partial charge on any atom is -0.433 e. The summed E-state index contributed by atoms with van der Waals surface area (Å²) in [6, 6.07) is 0. The van der Waals surface area contributed by atoms with Crippen molar-refractivity contribution in [3.63, 3.8) is 0 Å². The third-order valence-corrected chi connectivity index (χ3v) is 11.6.